The minimum atomic E-state index is -0.514. The average molecular weight is 228 g/mol. The molecule has 1 fully saturated rings. The monoisotopic (exact) mass is 228 g/mol. The van der Waals surface area contributed by atoms with Crippen LogP contribution in [-0.4, -0.2) is 59.8 Å². The fraction of sp³-hybridized carbons (Fsp3) is 1.00. The molecule has 1 heterocycles. The van der Waals surface area contributed by atoms with E-state index in [9.17, 15) is 5.11 Å². The maximum atomic E-state index is 10.0. The van der Waals surface area contributed by atoms with Crippen molar-refractivity contribution in [1.29, 1.82) is 0 Å². The molecule has 1 unspecified atom stereocenters. The zero-order chi connectivity index (χ0) is 12.2. The zero-order valence-corrected chi connectivity index (χ0v) is 11.4. The van der Waals surface area contributed by atoms with Gasteiger partial charge in [-0.15, -0.1) is 0 Å². The van der Waals surface area contributed by atoms with Crippen LogP contribution in [0, 0.1) is 5.92 Å². The highest BCUT2D eigenvalue weighted by Crippen LogP contribution is 2.13. The highest BCUT2D eigenvalue weighted by Gasteiger charge is 2.24. The summed E-state index contributed by atoms with van der Waals surface area (Å²) in [5.41, 5.74) is -0.514. The standard InChI is InChI=1S/C13H28N2O/c1-5-13(4,16)11-15-8-6-14(7-9-15)10-12(2)3/h12,16H,5-11H2,1-4H3. The summed E-state index contributed by atoms with van der Waals surface area (Å²) in [7, 11) is 0. The third kappa shape index (κ3) is 4.81. The van der Waals surface area contributed by atoms with E-state index in [1.165, 1.54) is 6.54 Å². The third-order valence-electron chi connectivity index (χ3n) is 3.41. The van der Waals surface area contributed by atoms with Crippen molar-refractivity contribution in [3.8, 4) is 0 Å². The molecule has 0 bridgehead atoms. The Balaban J connectivity index is 2.27. The van der Waals surface area contributed by atoms with Gasteiger partial charge in [0, 0.05) is 39.3 Å². The van der Waals surface area contributed by atoms with Crippen LogP contribution in [-0.2, 0) is 0 Å². The first-order valence-corrected chi connectivity index (χ1v) is 6.60. The fourth-order valence-electron chi connectivity index (χ4n) is 2.24. The molecule has 0 aromatic rings. The smallest absolute Gasteiger partial charge is 0.0743 e. The lowest BCUT2D eigenvalue weighted by Gasteiger charge is -2.38. The summed E-state index contributed by atoms with van der Waals surface area (Å²) >= 11 is 0. The maximum Gasteiger partial charge on any atom is 0.0743 e. The van der Waals surface area contributed by atoms with Gasteiger partial charge in [-0.3, -0.25) is 4.90 Å². The van der Waals surface area contributed by atoms with Gasteiger partial charge in [-0.2, -0.15) is 0 Å². The fourth-order valence-corrected chi connectivity index (χ4v) is 2.24. The Labute approximate surface area is 100 Å². The van der Waals surface area contributed by atoms with E-state index in [0.717, 1.165) is 45.1 Å². The molecule has 1 N–H and O–H groups in total. The van der Waals surface area contributed by atoms with Gasteiger partial charge in [-0.05, 0) is 19.3 Å². The predicted octanol–water partition coefficient (Wildman–Crippen LogP) is 1.42. The van der Waals surface area contributed by atoms with Crippen LogP contribution in [0.3, 0.4) is 0 Å². The minimum absolute atomic E-state index is 0.514. The van der Waals surface area contributed by atoms with Crippen LogP contribution < -0.4 is 0 Å². The van der Waals surface area contributed by atoms with Crippen LogP contribution in [0.25, 0.3) is 0 Å². The van der Waals surface area contributed by atoms with Crippen molar-refractivity contribution in [2.75, 3.05) is 39.3 Å². The van der Waals surface area contributed by atoms with E-state index in [-0.39, 0.29) is 0 Å². The van der Waals surface area contributed by atoms with Gasteiger partial charge >= 0.3 is 0 Å². The van der Waals surface area contributed by atoms with Gasteiger partial charge < -0.3 is 10.0 Å². The van der Waals surface area contributed by atoms with Crippen molar-refractivity contribution in [3.05, 3.63) is 0 Å². The number of nitrogens with zero attached hydrogens (tertiary/aromatic N) is 2. The molecule has 1 saturated heterocycles. The lowest BCUT2D eigenvalue weighted by atomic mass is 10.0. The number of aliphatic hydroxyl groups is 1. The summed E-state index contributed by atoms with van der Waals surface area (Å²) in [6.07, 6.45) is 0.833. The van der Waals surface area contributed by atoms with Crippen molar-refractivity contribution in [1.82, 2.24) is 9.80 Å². The second kappa shape index (κ2) is 5.99. The molecule has 0 radical (unpaired) electrons. The SMILES string of the molecule is CCC(C)(O)CN1CCN(CC(C)C)CC1. The summed E-state index contributed by atoms with van der Waals surface area (Å²) in [4.78, 5) is 4.92. The van der Waals surface area contributed by atoms with Crippen LogP contribution in [0.1, 0.15) is 34.1 Å². The molecule has 1 rings (SSSR count). The molecule has 0 amide bonds. The third-order valence-corrected chi connectivity index (χ3v) is 3.41. The summed E-state index contributed by atoms with van der Waals surface area (Å²) < 4.78 is 0. The summed E-state index contributed by atoms with van der Waals surface area (Å²) in [6.45, 7) is 15.1. The Morgan fingerprint density at radius 2 is 1.62 bits per heavy atom. The molecule has 3 heteroatoms. The Hall–Kier alpha value is -0.120. The molecule has 1 atom stereocenters. The highest BCUT2D eigenvalue weighted by atomic mass is 16.3. The van der Waals surface area contributed by atoms with Crippen LogP contribution in [0.2, 0.25) is 0 Å². The number of piperazine rings is 1. The molecule has 1 aliphatic rings. The van der Waals surface area contributed by atoms with Crippen molar-refractivity contribution >= 4 is 0 Å². The second-order valence-corrected chi connectivity index (χ2v) is 5.82. The van der Waals surface area contributed by atoms with E-state index in [0.29, 0.717) is 0 Å². The average Bonchev–Trinajstić information content (AvgIpc) is 2.20. The number of β-amino-alcohol motifs (C(OH)–C–C–N with tert-alkyl or cyclic N) is 1. The normalized spacial score (nSPS) is 23.6. The molecule has 0 spiro atoms. The van der Waals surface area contributed by atoms with Crippen LogP contribution in [0.4, 0.5) is 0 Å². The minimum Gasteiger partial charge on any atom is -0.389 e. The molecule has 0 aromatic heterocycles. The van der Waals surface area contributed by atoms with E-state index in [1.807, 2.05) is 6.92 Å². The molecular weight excluding hydrogens is 200 g/mol. The maximum absolute atomic E-state index is 10.0. The Bertz CT molecular complexity index is 196. The Kier molecular flexibility index (Phi) is 5.22. The van der Waals surface area contributed by atoms with Crippen molar-refractivity contribution in [3.63, 3.8) is 0 Å². The molecule has 16 heavy (non-hydrogen) atoms. The Morgan fingerprint density at radius 3 is 2.06 bits per heavy atom. The van der Waals surface area contributed by atoms with Crippen molar-refractivity contribution in [2.45, 2.75) is 39.7 Å². The lowest BCUT2D eigenvalue weighted by Crippen LogP contribution is -2.51. The molecular formula is C13H28N2O. The molecule has 3 nitrogen and oxygen atoms in total. The molecule has 0 aromatic carbocycles. The van der Waals surface area contributed by atoms with Gasteiger partial charge in [0.05, 0.1) is 5.60 Å². The van der Waals surface area contributed by atoms with Gasteiger partial charge in [-0.25, -0.2) is 0 Å². The van der Waals surface area contributed by atoms with E-state index in [4.69, 9.17) is 0 Å². The van der Waals surface area contributed by atoms with Gasteiger partial charge in [0.25, 0.3) is 0 Å². The molecule has 0 aliphatic carbocycles. The first kappa shape index (κ1) is 13.9. The van der Waals surface area contributed by atoms with Gasteiger partial charge in [-0.1, -0.05) is 20.8 Å². The topological polar surface area (TPSA) is 26.7 Å². The van der Waals surface area contributed by atoms with Crippen LogP contribution in [0.5, 0.6) is 0 Å². The summed E-state index contributed by atoms with van der Waals surface area (Å²) in [5.74, 6) is 0.755. The van der Waals surface area contributed by atoms with Crippen LogP contribution in [0.15, 0.2) is 0 Å². The quantitative estimate of drug-likeness (QED) is 0.771. The van der Waals surface area contributed by atoms with Crippen molar-refractivity contribution < 1.29 is 5.11 Å². The summed E-state index contributed by atoms with van der Waals surface area (Å²) in [5, 5.41) is 10.0. The second-order valence-electron chi connectivity index (χ2n) is 5.82. The van der Waals surface area contributed by atoms with E-state index in [1.54, 1.807) is 0 Å². The lowest BCUT2D eigenvalue weighted by molar-refractivity contribution is 0.000388. The molecule has 1 aliphatic heterocycles. The van der Waals surface area contributed by atoms with E-state index >= 15 is 0 Å². The van der Waals surface area contributed by atoms with E-state index in [2.05, 4.69) is 30.6 Å². The Morgan fingerprint density at radius 1 is 1.12 bits per heavy atom. The first-order valence-electron chi connectivity index (χ1n) is 6.60. The highest BCUT2D eigenvalue weighted by molar-refractivity contribution is 4.80. The largest absolute Gasteiger partial charge is 0.389 e. The molecule has 0 saturated carbocycles. The van der Waals surface area contributed by atoms with Crippen molar-refractivity contribution in [2.24, 2.45) is 5.92 Å². The summed E-state index contributed by atoms with van der Waals surface area (Å²) in [6, 6.07) is 0. The van der Waals surface area contributed by atoms with E-state index < -0.39 is 5.60 Å². The predicted molar refractivity (Wildman–Crippen MR) is 68.6 cm³/mol. The van der Waals surface area contributed by atoms with Crippen LogP contribution >= 0.6 is 0 Å². The first-order chi connectivity index (χ1) is 7.43. The van der Waals surface area contributed by atoms with Gasteiger partial charge in [0.1, 0.15) is 0 Å². The number of hydrogen-bond acceptors (Lipinski definition) is 3. The zero-order valence-electron chi connectivity index (χ0n) is 11.4. The van der Waals surface area contributed by atoms with Gasteiger partial charge in [0.15, 0.2) is 0 Å². The molecule has 96 valence electrons. The van der Waals surface area contributed by atoms with Gasteiger partial charge in [0.2, 0.25) is 0 Å². The number of rotatable bonds is 5. The number of hydrogen-bond donors (Lipinski definition) is 1.